The van der Waals surface area contributed by atoms with Gasteiger partial charge < -0.3 is 39.2 Å². The van der Waals surface area contributed by atoms with Crippen LogP contribution < -0.4 is 25.9 Å². The van der Waals surface area contributed by atoms with Gasteiger partial charge in [-0.2, -0.15) is 25.3 Å². The van der Waals surface area contributed by atoms with Crippen molar-refractivity contribution in [1.82, 2.24) is 50.5 Å². The number of benzene rings is 5. The summed E-state index contributed by atoms with van der Waals surface area (Å²) in [6.45, 7) is 14.0. The molecular weight excluding hydrogens is 1120 g/mol. The van der Waals surface area contributed by atoms with Crippen molar-refractivity contribution < 1.29 is 18.8 Å². The summed E-state index contributed by atoms with van der Waals surface area (Å²) in [4.78, 5) is 22.6. The van der Waals surface area contributed by atoms with Gasteiger partial charge >= 0.3 is 7.12 Å². The standard InChI is InChI=1S/C21H19ClN6O.C14H14Cl2N4O.C13H17BN2O2.C7H5BrN2/c22-16-3-5-17(6-4-16)24-20-12-18(14-1-2-15-13-23-27-19(15)11-14)25-21(26-20)28-7-9-29-10-8-28;15-10-1-3-11(4-2-10)17-13-9-12(16)18-14(19-13)20-5-7-21-8-6-20;1-12(2)13(3,4)18-14(17-12)10-6-5-9-8-15-16-11(9)7-10;8-6-2-1-5-4-9-10-7(5)3-6/h1-6,11-13H,7-10H2,(H,23,27)(H,24,25,26);1-4,9H,5-8H2,(H,17,18,19);5-8H,1-4H3,(H,15,16);1-4H,(H,9,10). The lowest BCUT2D eigenvalue weighted by molar-refractivity contribution is 0.00578. The Morgan fingerprint density at radius 2 is 0.987 bits per heavy atom. The maximum absolute atomic E-state index is 6.09. The lowest BCUT2D eigenvalue weighted by atomic mass is 9.79. The number of ether oxygens (including phenoxy) is 2. The van der Waals surface area contributed by atoms with Crippen molar-refractivity contribution in [2.24, 2.45) is 0 Å². The van der Waals surface area contributed by atoms with Gasteiger partial charge in [-0.3, -0.25) is 15.3 Å². The molecule has 8 heterocycles. The van der Waals surface area contributed by atoms with E-state index in [1.165, 1.54) is 0 Å². The number of halogens is 4. The van der Waals surface area contributed by atoms with Crippen molar-refractivity contribution in [2.45, 2.75) is 38.9 Å². The van der Waals surface area contributed by atoms with Crippen LogP contribution in [0.4, 0.5) is 34.9 Å². The number of hydrogen-bond acceptors (Lipinski definition) is 15. The monoisotopic (exact) mass is 1170 g/mol. The van der Waals surface area contributed by atoms with E-state index in [9.17, 15) is 0 Å². The van der Waals surface area contributed by atoms with Crippen LogP contribution in [0.5, 0.6) is 0 Å². The molecule has 0 spiro atoms. The number of nitrogens with one attached hydrogen (secondary N) is 5. The Bertz CT molecular complexity index is 3600. The largest absolute Gasteiger partial charge is 0.494 e. The van der Waals surface area contributed by atoms with E-state index in [0.717, 1.165) is 97.3 Å². The molecule has 0 saturated carbocycles. The molecule has 0 unspecified atom stereocenters. The Hall–Kier alpha value is -6.88. The third kappa shape index (κ3) is 13.7. The van der Waals surface area contributed by atoms with E-state index in [1.54, 1.807) is 6.07 Å². The minimum Gasteiger partial charge on any atom is -0.399 e. The van der Waals surface area contributed by atoms with Crippen LogP contribution in [0.15, 0.2) is 138 Å². The molecule has 0 radical (unpaired) electrons. The molecular formula is C55H55BBrCl3N14O4. The van der Waals surface area contributed by atoms with Gasteiger partial charge in [-0.1, -0.05) is 81.1 Å². The number of rotatable bonds is 8. The van der Waals surface area contributed by atoms with Crippen LogP contribution in [-0.2, 0) is 18.8 Å². The SMILES string of the molecule is Brc1ccc2cn[nH]c2c1.CC1(C)OB(c2ccc3cn[nH]c3c2)OC1(C)C.Clc1ccc(Nc2cc(-c3ccc4cn[nH]c4c3)nc(N3CCOCC3)n2)cc1.Clc1ccc(Nc2cc(Cl)nc(N3CCOCC3)n2)cc1. The highest BCUT2D eigenvalue weighted by atomic mass is 79.9. The number of fused-ring (bicyclic) bond motifs is 3. The van der Waals surface area contributed by atoms with Crippen molar-refractivity contribution in [3.8, 4) is 11.3 Å². The van der Waals surface area contributed by atoms with Crippen LogP contribution in [0, 0.1) is 0 Å². The fourth-order valence-corrected chi connectivity index (χ4v) is 9.17. The highest BCUT2D eigenvalue weighted by Crippen LogP contribution is 2.37. The van der Waals surface area contributed by atoms with Crippen LogP contribution in [0.3, 0.4) is 0 Å². The molecule has 3 aliphatic heterocycles. The van der Waals surface area contributed by atoms with Crippen LogP contribution >= 0.6 is 50.7 Å². The zero-order valence-electron chi connectivity index (χ0n) is 43.1. The van der Waals surface area contributed by atoms with Gasteiger partial charge in [0.15, 0.2) is 0 Å². The first-order chi connectivity index (χ1) is 37.7. The van der Waals surface area contributed by atoms with E-state index >= 15 is 0 Å². The molecule has 5 N–H and O–H groups in total. The van der Waals surface area contributed by atoms with Crippen molar-refractivity contribution in [2.75, 3.05) is 73.0 Å². The van der Waals surface area contributed by atoms with Gasteiger partial charge in [0.05, 0.1) is 78.5 Å². The molecule has 23 heteroatoms. The summed E-state index contributed by atoms with van der Waals surface area (Å²) in [6, 6.07) is 36.8. The highest BCUT2D eigenvalue weighted by molar-refractivity contribution is 9.10. The Balaban J connectivity index is 0.000000124. The second-order valence-electron chi connectivity index (χ2n) is 19.4. The summed E-state index contributed by atoms with van der Waals surface area (Å²) >= 11 is 21.3. The number of H-pyrrole nitrogens is 3. The van der Waals surface area contributed by atoms with Gasteiger partial charge in [-0.25, -0.2) is 9.97 Å². The first kappa shape index (κ1) is 54.5. The number of aromatic nitrogens is 10. The number of morpholine rings is 2. The van der Waals surface area contributed by atoms with Gasteiger partial charge in [0.25, 0.3) is 0 Å². The lowest BCUT2D eigenvalue weighted by Gasteiger charge is -2.32. The average molecular weight is 1170 g/mol. The van der Waals surface area contributed by atoms with Gasteiger partial charge in [0, 0.05) is 85.9 Å². The Morgan fingerprint density at radius 3 is 1.53 bits per heavy atom. The molecule has 5 aromatic heterocycles. The smallest absolute Gasteiger partial charge is 0.399 e. The fourth-order valence-electron chi connectivity index (χ4n) is 8.37. The topological polar surface area (TPSA) is 205 Å². The van der Waals surface area contributed by atoms with Crippen LogP contribution in [-0.4, -0.2) is 121 Å². The van der Waals surface area contributed by atoms with Crippen LogP contribution in [0.25, 0.3) is 44.0 Å². The number of hydrogen-bond donors (Lipinski definition) is 5. The molecule has 0 bridgehead atoms. The van der Waals surface area contributed by atoms with E-state index in [0.29, 0.717) is 59.3 Å². The predicted molar refractivity (Wildman–Crippen MR) is 315 cm³/mol. The molecule has 3 saturated heterocycles. The normalized spacial score (nSPS) is 15.7. The Labute approximate surface area is 474 Å². The molecule has 3 fully saturated rings. The minimum atomic E-state index is -0.317. The van der Waals surface area contributed by atoms with Crippen molar-refractivity contribution in [3.63, 3.8) is 0 Å². The quantitative estimate of drug-likeness (QED) is 0.0709. The molecule has 0 amide bonds. The second-order valence-corrected chi connectivity index (χ2v) is 21.5. The van der Waals surface area contributed by atoms with Crippen LogP contribution in [0.1, 0.15) is 27.7 Å². The van der Waals surface area contributed by atoms with E-state index < -0.39 is 0 Å². The summed E-state index contributed by atoms with van der Waals surface area (Å²) in [7, 11) is -0.317. The summed E-state index contributed by atoms with van der Waals surface area (Å²) in [5.74, 6) is 2.68. The maximum Gasteiger partial charge on any atom is 0.494 e. The molecule has 400 valence electrons. The van der Waals surface area contributed by atoms with Gasteiger partial charge in [0.1, 0.15) is 16.8 Å². The Morgan fingerprint density at radius 1 is 0.526 bits per heavy atom. The average Bonchev–Trinajstić information content (AvgIpc) is 4.30. The lowest BCUT2D eigenvalue weighted by Crippen LogP contribution is -2.41. The zero-order chi connectivity index (χ0) is 54.2. The number of anilines is 6. The van der Waals surface area contributed by atoms with Crippen molar-refractivity contribution in [3.05, 3.63) is 154 Å². The first-order valence-electron chi connectivity index (χ1n) is 25.2. The predicted octanol–water partition coefficient (Wildman–Crippen LogP) is 11.8. The summed E-state index contributed by atoms with van der Waals surface area (Å²) < 4.78 is 23.9. The van der Waals surface area contributed by atoms with E-state index in [2.05, 4.69) is 117 Å². The molecule has 18 nitrogen and oxygen atoms in total. The van der Waals surface area contributed by atoms with E-state index in [4.69, 9.17) is 63.6 Å². The highest BCUT2D eigenvalue weighted by Gasteiger charge is 2.51. The molecule has 10 aromatic rings. The zero-order valence-corrected chi connectivity index (χ0v) is 47.0. The van der Waals surface area contributed by atoms with E-state index in [1.807, 2.05) is 116 Å². The van der Waals surface area contributed by atoms with E-state index in [-0.39, 0.29) is 18.3 Å². The van der Waals surface area contributed by atoms with Crippen LogP contribution in [0.2, 0.25) is 15.2 Å². The molecule has 0 aliphatic carbocycles. The summed E-state index contributed by atoms with van der Waals surface area (Å²) in [6.07, 6.45) is 5.43. The maximum atomic E-state index is 6.09. The third-order valence-electron chi connectivity index (χ3n) is 13.4. The minimum absolute atomic E-state index is 0.305. The van der Waals surface area contributed by atoms with Gasteiger partial charge in [-0.15, -0.1) is 0 Å². The molecule has 5 aromatic carbocycles. The van der Waals surface area contributed by atoms with Gasteiger partial charge in [-0.05, 0) is 106 Å². The van der Waals surface area contributed by atoms with Gasteiger partial charge in [0.2, 0.25) is 11.9 Å². The third-order valence-corrected chi connectivity index (χ3v) is 14.5. The number of aromatic amines is 3. The first-order valence-corrected chi connectivity index (χ1v) is 27.1. The molecule has 3 aliphatic rings. The Kier molecular flexibility index (Phi) is 17.1. The molecule has 78 heavy (non-hydrogen) atoms. The van der Waals surface area contributed by atoms with Crippen molar-refractivity contribution in [1.29, 1.82) is 0 Å². The summed E-state index contributed by atoms with van der Waals surface area (Å²) in [5, 5.41) is 32.5. The second kappa shape index (κ2) is 24.4. The molecule has 0 atom stereocenters. The summed E-state index contributed by atoms with van der Waals surface area (Å²) in [5.41, 5.74) is 7.09. The van der Waals surface area contributed by atoms with Crippen molar-refractivity contribution >= 4 is 131 Å². The molecule has 13 rings (SSSR count). The fraction of sp³-hybridized carbons (Fsp3) is 0.255. The number of nitrogens with zero attached hydrogens (tertiary/aromatic N) is 9.